The molecule has 1 spiro atoms. The molecule has 3 rings (SSSR count). The first kappa shape index (κ1) is 15.8. The molecule has 2 saturated heterocycles. The zero-order valence-corrected chi connectivity index (χ0v) is 13.2. The van der Waals surface area contributed by atoms with Crippen molar-refractivity contribution in [3.63, 3.8) is 0 Å². The molecule has 8 heteroatoms. The third-order valence-corrected chi connectivity index (χ3v) is 4.77. The zero-order chi connectivity index (χ0) is 16.4. The van der Waals surface area contributed by atoms with Crippen LogP contribution in [0.5, 0.6) is 0 Å². The highest BCUT2D eigenvalue weighted by Gasteiger charge is 2.49. The van der Waals surface area contributed by atoms with Crippen LogP contribution in [0.1, 0.15) is 29.8 Å². The second kappa shape index (κ2) is 6.19. The quantitative estimate of drug-likeness (QED) is 0.846. The minimum absolute atomic E-state index is 0.00783. The minimum atomic E-state index is -0.502. The van der Waals surface area contributed by atoms with Crippen molar-refractivity contribution in [1.82, 2.24) is 15.0 Å². The maximum atomic E-state index is 12.8. The summed E-state index contributed by atoms with van der Waals surface area (Å²) >= 11 is 0. The van der Waals surface area contributed by atoms with E-state index < -0.39 is 11.0 Å². The van der Waals surface area contributed by atoms with Gasteiger partial charge >= 0.3 is 0 Å². The van der Waals surface area contributed by atoms with Crippen LogP contribution < -0.4 is 5.56 Å². The van der Waals surface area contributed by atoms with Gasteiger partial charge in [-0.05, 0) is 19.3 Å². The molecule has 0 aliphatic carbocycles. The van der Waals surface area contributed by atoms with E-state index in [4.69, 9.17) is 9.26 Å². The fourth-order valence-corrected chi connectivity index (χ4v) is 3.54. The monoisotopic (exact) mass is 323 g/mol. The predicted molar refractivity (Wildman–Crippen MR) is 80.0 cm³/mol. The smallest absolute Gasteiger partial charge is 0.292 e. The number of methoxy groups -OCH3 is 1. The highest BCUT2D eigenvalue weighted by atomic mass is 16.5. The number of carbonyl (C=O) groups is 2. The number of piperidine rings is 1. The Morgan fingerprint density at radius 1 is 1.39 bits per heavy atom. The molecule has 23 heavy (non-hydrogen) atoms. The van der Waals surface area contributed by atoms with Crippen LogP contribution >= 0.6 is 0 Å². The first-order chi connectivity index (χ1) is 11.1. The number of H-pyrrole nitrogens is 1. The summed E-state index contributed by atoms with van der Waals surface area (Å²) in [4.78, 5) is 39.7. The van der Waals surface area contributed by atoms with Gasteiger partial charge in [0.05, 0.1) is 18.1 Å². The summed E-state index contributed by atoms with van der Waals surface area (Å²) in [5.41, 5.74) is -0.945. The number of likely N-dealkylation sites (tertiary alicyclic amines) is 2. The van der Waals surface area contributed by atoms with Crippen LogP contribution in [0.2, 0.25) is 0 Å². The van der Waals surface area contributed by atoms with Crippen molar-refractivity contribution >= 4 is 11.8 Å². The number of nitrogens with zero attached hydrogens (tertiary/aromatic N) is 2. The SMILES string of the molecule is COCCN1CCC[C@@]2(CCN(C(=O)c3cc(=O)[nH]o3)C2)C1=O. The molecule has 0 saturated carbocycles. The summed E-state index contributed by atoms with van der Waals surface area (Å²) in [7, 11) is 1.62. The second-order valence-corrected chi connectivity index (χ2v) is 6.22. The van der Waals surface area contributed by atoms with Crippen LogP contribution in [0.3, 0.4) is 0 Å². The fourth-order valence-electron chi connectivity index (χ4n) is 3.54. The molecule has 1 aromatic heterocycles. The molecule has 0 bridgehead atoms. The van der Waals surface area contributed by atoms with Crippen LogP contribution in [0.25, 0.3) is 0 Å². The van der Waals surface area contributed by atoms with Gasteiger partial charge in [0.2, 0.25) is 11.7 Å². The normalized spacial score (nSPS) is 24.7. The summed E-state index contributed by atoms with van der Waals surface area (Å²) in [6.45, 7) is 2.71. The molecule has 2 fully saturated rings. The van der Waals surface area contributed by atoms with Crippen molar-refractivity contribution in [1.29, 1.82) is 0 Å². The number of carbonyl (C=O) groups excluding carboxylic acids is 2. The number of hydrogen-bond donors (Lipinski definition) is 1. The molecule has 1 aromatic rings. The van der Waals surface area contributed by atoms with E-state index in [9.17, 15) is 14.4 Å². The van der Waals surface area contributed by atoms with Crippen molar-refractivity contribution in [3.05, 3.63) is 22.2 Å². The van der Waals surface area contributed by atoms with Crippen molar-refractivity contribution in [2.75, 3.05) is 39.9 Å². The molecule has 0 aromatic carbocycles. The van der Waals surface area contributed by atoms with Gasteiger partial charge in [0, 0.05) is 33.3 Å². The Bertz CT molecular complexity index is 652. The maximum absolute atomic E-state index is 12.8. The van der Waals surface area contributed by atoms with E-state index in [2.05, 4.69) is 5.16 Å². The number of amides is 2. The lowest BCUT2D eigenvalue weighted by Gasteiger charge is -2.39. The largest absolute Gasteiger partial charge is 0.383 e. The second-order valence-electron chi connectivity index (χ2n) is 6.22. The lowest BCUT2D eigenvalue weighted by atomic mass is 9.78. The highest BCUT2D eigenvalue weighted by Crippen LogP contribution is 2.40. The molecular weight excluding hydrogens is 302 g/mol. The van der Waals surface area contributed by atoms with E-state index in [1.54, 1.807) is 12.0 Å². The van der Waals surface area contributed by atoms with Gasteiger partial charge in [0.1, 0.15) is 0 Å². The van der Waals surface area contributed by atoms with E-state index in [0.29, 0.717) is 32.7 Å². The van der Waals surface area contributed by atoms with Crippen LogP contribution in [0.15, 0.2) is 15.4 Å². The molecule has 2 aliphatic heterocycles. The topological polar surface area (TPSA) is 95.8 Å². The standard InChI is InChI=1S/C15H21N3O5/c1-22-8-7-17-5-2-3-15(14(17)21)4-6-18(10-15)13(20)11-9-12(19)16-23-11/h9H,2-8,10H2,1H3,(H,16,19)/t15-/m0/s1. The molecule has 2 aliphatic rings. The summed E-state index contributed by atoms with van der Waals surface area (Å²) in [6, 6.07) is 1.14. The summed E-state index contributed by atoms with van der Waals surface area (Å²) in [5, 5.41) is 2.12. The Hall–Kier alpha value is -2.09. The minimum Gasteiger partial charge on any atom is -0.383 e. The van der Waals surface area contributed by atoms with Gasteiger partial charge in [0.25, 0.3) is 11.5 Å². The van der Waals surface area contributed by atoms with Gasteiger partial charge in [-0.1, -0.05) is 0 Å². The molecule has 3 heterocycles. The first-order valence-electron chi connectivity index (χ1n) is 7.82. The Balaban J connectivity index is 1.71. The zero-order valence-electron chi connectivity index (χ0n) is 13.2. The van der Waals surface area contributed by atoms with Crippen molar-refractivity contribution in [3.8, 4) is 0 Å². The Morgan fingerprint density at radius 3 is 2.91 bits per heavy atom. The summed E-state index contributed by atoms with van der Waals surface area (Å²) in [6.07, 6.45) is 2.36. The molecule has 1 atom stereocenters. The average molecular weight is 323 g/mol. The van der Waals surface area contributed by atoms with E-state index >= 15 is 0 Å². The van der Waals surface area contributed by atoms with Gasteiger partial charge in [0.15, 0.2) is 0 Å². The molecule has 0 radical (unpaired) electrons. The molecular formula is C15H21N3O5. The van der Waals surface area contributed by atoms with Crippen molar-refractivity contribution < 1.29 is 18.8 Å². The van der Waals surface area contributed by atoms with Crippen molar-refractivity contribution in [2.24, 2.45) is 5.41 Å². The lowest BCUT2D eigenvalue weighted by molar-refractivity contribution is -0.146. The number of aromatic nitrogens is 1. The third-order valence-electron chi connectivity index (χ3n) is 4.77. The number of hydrogen-bond acceptors (Lipinski definition) is 5. The van der Waals surface area contributed by atoms with Crippen LogP contribution in [0, 0.1) is 5.41 Å². The maximum Gasteiger partial charge on any atom is 0.292 e. The lowest BCUT2D eigenvalue weighted by Crippen LogP contribution is -2.51. The van der Waals surface area contributed by atoms with Gasteiger partial charge in [-0.3, -0.25) is 14.4 Å². The molecule has 126 valence electrons. The van der Waals surface area contributed by atoms with Gasteiger partial charge < -0.3 is 19.1 Å². The third kappa shape index (κ3) is 2.90. The van der Waals surface area contributed by atoms with Crippen LogP contribution in [0.4, 0.5) is 0 Å². The van der Waals surface area contributed by atoms with Gasteiger partial charge in [-0.25, -0.2) is 0 Å². The average Bonchev–Trinajstić information content (AvgIpc) is 3.16. The van der Waals surface area contributed by atoms with Crippen molar-refractivity contribution in [2.45, 2.75) is 19.3 Å². The predicted octanol–water partition coefficient (Wildman–Crippen LogP) is 0.0690. The van der Waals surface area contributed by atoms with E-state index in [0.717, 1.165) is 25.5 Å². The first-order valence-corrected chi connectivity index (χ1v) is 7.82. The number of rotatable bonds is 4. The summed E-state index contributed by atoms with van der Waals surface area (Å²) < 4.78 is 9.93. The Kier molecular flexibility index (Phi) is 4.25. The Labute approximate surface area is 133 Å². The highest BCUT2D eigenvalue weighted by molar-refractivity contribution is 5.93. The molecule has 1 N–H and O–H groups in total. The number of ether oxygens (including phenoxy) is 1. The fraction of sp³-hybridized carbons (Fsp3) is 0.667. The number of nitrogens with one attached hydrogen (secondary N) is 1. The van der Waals surface area contributed by atoms with Crippen LogP contribution in [-0.4, -0.2) is 66.7 Å². The van der Waals surface area contributed by atoms with E-state index in [1.807, 2.05) is 4.90 Å². The summed E-state index contributed by atoms with van der Waals surface area (Å²) in [5.74, 6) is -0.250. The number of aromatic amines is 1. The van der Waals surface area contributed by atoms with E-state index in [1.165, 1.54) is 0 Å². The molecule has 2 amide bonds. The molecule has 8 nitrogen and oxygen atoms in total. The van der Waals surface area contributed by atoms with Gasteiger partial charge in [-0.2, -0.15) is 5.16 Å². The van der Waals surface area contributed by atoms with Crippen LogP contribution in [-0.2, 0) is 9.53 Å². The molecule has 0 unspecified atom stereocenters. The van der Waals surface area contributed by atoms with Gasteiger partial charge in [-0.15, -0.1) is 0 Å². The Morgan fingerprint density at radius 2 is 2.22 bits per heavy atom. The van der Waals surface area contributed by atoms with E-state index in [-0.39, 0.29) is 17.6 Å².